The maximum atomic E-state index is 5.32. The van der Waals surface area contributed by atoms with Gasteiger partial charge in [-0.1, -0.05) is 0 Å². The maximum absolute atomic E-state index is 5.32. The number of nitrogens with two attached hydrogens (primary N) is 2. The van der Waals surface area contributed by atoms with Crippen LogP contribution >= 0.6 is 12.6 Å². The number of anilines is 2. The van der Waals surface area contributed by atoms with Gasteiger partial charge < -0.3 is 11.5 Å². The Morgan fingerprint density at radius 2 is 1.64 bits per heavy atom. The Morgan fingerprint density at radius 1 is 1.09 bits per heavy atom. The molecule has 1 aromatic heterocycles. The first-order valence-electron chi connectivity index (χ1n) is 3.09. The largest absolute Gasteiger partial charge is 0.368 e. The van der Waals surface area contributed by atoms with Crippen molar-refractivity contribution in [2.45, 2.75) is 6.42 Å². The average molecular weight is 171 g/mol. The summed E-state index contributed by atoms with van der Waals surface area (Å²) >= 11 is 4.02. The summed E-state index contributed by atoms with van der Waals surface area (Å²) in [6.07, 6.45) is 0.653. The predicted octanol–water partition coefficient (Wildman–Crippen LogP) is -0.492. The van der Waals surface area contributed by atoms with Crippen molar-refractivity contribution < 1.29 is 0 Å². The standard InChI is InChI=1S/C5H9N5S/c6-4-8-3(1-2-11)9-5(7)10-4/h11H,1-2H2,(H4,6,7,8,9,10). The van der Waals surface area contributed by atoms with E-state index in [1.54, 1.807) is 0 Å². The van der Waals surface area contributed by atoms with E-state index in [4.69, 9.17) is 11.5 Å². The monoisotopic (exact) mass is 171 g/mol. The van der Waals surface area contributed by atoms with Crippen molar-refractivity contribution in [2.24, 2.45) is 0 Å². The quantitative estimate of drug-likeness (QED) is 0.522. The second-order valence-corrected chi connectivity index (χ2v) is 2.39. The number of aryl methyl sites for hydroxylation is 1. The van der Waals surface area contributed by atoms with Gasteiger partial charge in [0.25, 0.3) is 0 Å². The molecule has 60 valence electrons. The number of thiol groups is 1. The Morgan fingerprint density at radius 3 is 2.09 bits per heavy atom. The first-order chi connectivity index (χ1) is 5.22. The van der Waals surface area contributed by atoms with E-state index >= 15 is 0 Å². The summed E-state index contributed by atoms with van der Waals surface area (Å²) in [7, 11) is 0. The molecule has 0 bridgehead atoms. The van der Waals surface area contributed by atoms with Crippen LogP contribution in [-0.4, -0.2) is 20.7 Å². The molecule has 0 saturated heterocycles. The van der Waals surface area contributed by atoms with Gasteiger partial charge in [0, 0.05) is 6.42 Å². The molecule has 5 nitrogen and oxygen atoms in total. The molecule has 0 spiro atoms. The van der Waals surface area contributed by atoms with E-state index in [9.17, 15) is 0 Å². The van der Waals surface area contributed by atoms with Crippen molar-refractivity contribution in [3.05, 3.63) is 5.82 Å². The minimum Gasteiger partial charge on any atom is -0.368 e. The van der Waals surface area contributed by atoms with Gasteiger partial charge in [0.05, 0.1) is 0 Å². The van der Waals surface area contributed by atoms with E-state index in [-0.39, 0.29) is 11.9 Å². The molecule has 6 heteroatoms. The van der Waals surface area contributed by atoms with Crippen molar-refractivity contribution in [3.8, 4) is 0 Å². The molecule has 0 fully saturated rings. The van der Waals surface area contributed by atoms with Crippen LogP contribution in [0.5, 0.6) is 0 Å². The fourth-order valence-electron chi connectivity index (χ4n) is 0.669. The van der Waals surface area contributed by atoms with E-state index in [1.807, 2.05) is 0 Å². The van der Waals surface area contributed by atoms with E-state index < -0.39 is 0 Å². The summed E-state index contributed by atoms with van der Waals surface area (Å²) in [4.78, 5) is 11.3. The molecule has 0 aliphatic carbocycles. The normalized spacial score (nSPS) is 9.91. The van der Waals surface area contributed by atoms with Crippen LogP contribution in [0.4, 0.5) is 11.9 Å². The van der Waals surface area contributed by atoms with Crippen molar-refractivity contribution in [1.29, 1.82) is 0 Å². The zero-order valence-electron chi connectivity index (χ0n) is 5.86. The molecule has 1 rings (SSSR count). The topological polar surface area (TPSA) is 90.7 Å². The first kappa shape index (κ1) is 8.06. The summed E-state index contributed by atoms with van der Waals surface area (Å²) in [6.45, 7) is 0. The minimum atomic E-state index is 0.161. The maximum Gasteiger partial charge on any atom is 0.225 e. The van der Waals surface area contributed by atoms with Gasteiger partial charge in [-0.25, -0.2) is 0 Å². The lowest BCUT2D eigenvalue weighted by atomic mass is 10.4. The van der Waals surface area contributed by atoms with E-state index in [2.05, 4.69) is 27.6 Å². The Balaban J connectivity index is 2.89. The van der Waals surface area contributed by atoms with Crippen LogP contribution in [0.25, 0.3) is 0 Å². The molecule has 0 aliphatic heterocycles. The minimum absolute atomic E-state index is 0.161. The van der Waals surface area contributed by atoms with Crippen molar-refractivity contribution in [3.63, 3.8) is 0 Å². The first-order valence-corrected chi connectivity index (χ1v) is 3.72. The summed E-state index contributed by atoms with van der Waals surface area (Å²) in [5, 5.41) is 0. The third kappa shape index (κ3) is 2.23. The zero-order valence-corrected chi connectivity index (χ0v) is 6.75. The number of nitrogens with zero attached hydrogens (tertiary/aromatic N) is 3. The molecular formula is C5H9N5S. The summed E-state index contributed by atoms with van der Waals surface area (Å²) in [5.41, 5.74) is 10.6. The van der Waals surface area contributed by atoms with Gasteiger partial charge in [0.1, 0.15) is 5.82 Å². The van der Waals surface area contributed by atoms with Gasteiger partial charge in [-0.05, 0) is 5.75 Å². The number of hydrogen-bond acceptors (Lipinski definition) is 6. The fraction of sp³-hybridized carbons (Fsp3) is 0.400. The second kappa shape index (κ2) is 3.38. The van der Waals surface area contributed by atoms with Gasteiger partial charge in [0.2, 0.25) is 11.9 Å². The lowest BCUT2D eigenvalue weighted by Crippen LogP contribution is -2.07. The summed E-state index contributed by atoms with van der Waals surface area (Å²) in [6, 6.07) is 0. The smallest absolute Gasteiger partial charge is 0.225 e. The van der Waals surface area contributed by atoms with Gasteiger partial charge in [-0.2, -0.15) is 27.6 Å². The van der Waals surface area contributed by atoms with Gasteiger partial charge in [-0.3, -0.25) is 0 Å². The average Bonchev–Trinajstić information content (AvgIpc) is 1.85. The van der Waals surface area contributed by atoms with Crippen LogP contribution in [0.2, 0.25) is 0 Å². The van der Waals surface area contributed by atoms with Gasteiger partial charge >= 0.3 is 0 Å². The van der Waals surface area contributed by atoms with Crippen LogP contribution in [0.3, 0.4) is 0 Å². The summed E-state index contributed by atoms with van der Waals surface area (Å²) < 4.78 is 0. The fourth-order valence-corrected chi connectivity index (χ4v) is 0.869. The molecule has 0 aliphatic rings. The summed E-state index contributed by atoms with van der Waals surface area (Å²) in [5.74, 6) is 1.58. The van der Waals surface area contributed by atoms with E-state index in [0.29, 0.717) is 18.0 Å². The van der Waals surface area contributed by atoms with E-state index in [0.717, 1.165) is 0 Å². The predicted molar refractivity (Wildman–Crippen MR) is 46.2 cm³/mol. The lowest BCUT2D eigenvalue weighted by Gasteiger charge is -1.98. The molecule has 1 heterocycles. The Bertz CT molecular complexity index is 230. The SMILES string of the molecule is Nc1nc(N)nc(CCS)n1. The highest BCUT2D eigenvalue weighted by molar-refractivity contribution is 7.80. The number of aromatic nitrogens is 3. The molecule has 11 heavy (non-hydrogen) atoms. The molecule has 0 amide bonds. The number of rotatable bonds is 2. The zero-order chi connectivity index (χ0) is 8.27. The van der Waals surface area contributed by atoms with Crippen LogP contribution in [0.1, 0.15) is 5.82 Å². The molecule has 4 N–H and O–H groups in total. The van der Waals surface area contributed by atoms with Crippen molar-refractivity contribution >= 4 is 24.5 Å². The molecule has 0 saturated carbocycles. The number of nitrogen functional groups attached to an aromatic ring is 2. The molecule has 0 unspecified atom stereocenters. The highest BCUT2D eigenvalue weighted by Gasteiger charge is 1.99. The highest BCUT2D eigenvalue weighted by atomic mass is 32.1. The van der Waals surface area contributed by atoms with Crippen LogP contribution in [-0.2, 0) is 6.42 Å². The van der Waals surface area contributed by atoms with E-state index in [1.165, 1.54) is 0 Å². The lowest BCUT2D eigenvalue weighted by molar-refractivity contribution is 0.924. The Kier molecular flexibility index (Phi) is 2.48. The Labute approximate surface area is 69.7 Å². The third-order valence-corrected chi connectivity index (χ3v) is 1.28. The highest BCUT2D eigenvalue weighted by Crippen LogP contribution is 1.99. The van der Waals surface area contributed by atoms with Crippen molar-refractivity contribution in [1.82, 2.24) is 15.0 Å². The van der Waals surface area contributed by atoms with Gasteiger partial charge in [0.15, 0.2) is 0 Å². The third-order valence-electron chi connectivity index (χ3n) is 1.05. The van der Waals surface area contributed by atoms with Crippen LogP contribution in [0, 0.1) is 0 Å². The van der Waals surface area contributed by atoms with Crippen LogP contribution in [0.15, 0.2) is 0 Å². The molecule has 0 aromatic carbocycles. The molecular weight excluding hydrogens is 162 g/mol. The molecule has 0 atom stereocenters. The van der Waals surface area contributed by atoms with Crippen LogP contribution < -0.4 is 11.5 Å². The Hall–Kier alpha value is -1.04. The number of hydrogen-bond donors (Lipinski definition) is 3. The second-order valence-electron chi connectivity index (χ2n) is 1.94. The van der Waals surface area contributed by atoms with Gasteiger partial charge in [-0.15, -0.1) is 0 Å². The van der Waals surface area contributed by atoms with Crippen molar-refractivity contribution in [2.75, 3.05) is 17.2 Å². The molecule has 0 radical (unpaired) electrons. The molecule has 1 aromatic rings.